The van der Waals surface area contributed by atoms with E-state index >= 15 is 0 Å². The van der Waals surface area contributed by atoms with Crippen LogP contribution in [0.1, 0.15) is 18.4 Å². The third-order valence-electron chi connectivity index (χ3n) is 3.25. The molecule has 18 heavy (non-hydrogen) atoms. The Balaban J connectivity index is 2.10. The Labute approximate surface area is 111 Å². The normalized spacial score (nSPS) is 15.1. The topological polar surface area (TPSA) is 29.0 Å². The van der Waals surface area contributed by atoms with E-state index in [1.165, 1.54) is 17.7 Å². The first-order valence-electron chi connectivity index (χ1n) is 6.18. The largest absolute Gasteiger partial charge is 0.324 e. The van der Waals surface area contributed by atoms with Crippen LogP contribution in [0.4, 0.5) is 11.5 Å². The molecule has 0 saturated carbocycles. The fourth-order valence-corrected chi connectivity index (χ4v) is 2.61. The number of para-hydroxylation sites is 1. The summed E-state index contributed by atoms with van der Waals surface area (Å²) in [5.41, 5.74) is 2.56. The van der Waals surface area contributed by atoms with Crippen LogP contribution < -0.4 is 4.90 Å². The average molecular weight is 260 g/mol. The molecule has 3 nitrogen and oxygen atoms in total. The lowest BCUT2D eigenvalue weighted by Crippen LogP contribution is -2.19. The lowest BCUT2D eigenvalue weighted by molar-refractivity contribution is 0.757. The summed E-state index contributed by atoms with van der Waals surface area (Å²) in [5.74, 6) is 0.758. The highest BCUT2D eigenvalue weighted by atomic mass is 35.5. The maximum atomic E-state index is 6.16. The summed E-state index contributed by atoms with van der Waals surface area (Å²) in [4.78, 5) is 10.7. The van der Waals surface area contributed by atoms with Gasteiger partial charge >= 0.3 is 0 Å². The lowest BCUT2D eigenvalue weighted by Gasteiger charge is -2.24. The first-order valence-corrected chi connectivity index (χ1v) is 6.56. The number of nitrogens with zero attached hydrogens (tertiary/aromatic N) is 3. The Kier molecular flexibility index (Phi) is 3.15. The maximum absolute atomic E-state index is 6.16. The van der Waals surface area contributed by atoms with Gasteiger partial charge in [-0.25, -0.2) is 9.97 Å². The van der Waals surface area contributed by atoms with Crippen LogP contribution in [0.2, 0.25) is 5.15 Å². The van der Waals surface area contributed by atoms with Crippen molar-refractivity contribution in [3.63, 3.8) is 0 Å². The molecule has 1 aliphatic heterocycles. The zero-order chi connectivity index (χ0) is 12.4. The second kappa shape index (κ2) is 4.94. The number of rotatable bonds is 1. The quantitative estimate of drug-likeness (QED) is 0.784. The highest BCUT2D eigenvalue weighted by Crippen LogP contribution is 2.33. The van der Waals surface area contributed by atoms with Gasteiger partial charge in [0, 0.05) is 24.6 Å². The van der Waals surface area contributed by atoms with Gasteiger partial charge < -0.3 is 4.90 Å². The van der Waals surface area contributed by atoms with Crippen molar-refractivity contribution >= 4 is 23.1 Å². The third kappa shape index (κ3) is 2.06. The summed E-state index contributed by atoms with van der Waals surface area (Å²) >= 11 is 6.16. The van der Waals surface area contributed by atoms with Crippen LogP contribution in [-0.4, -0.2) is 16.5 Å². The summed E-state index contributed by atoms with van der Waals surface area (Å²) in [6.45, 7) is 0.940. The minimum absolute atomic E-state index is 0.467. The van der Waals surface area contributed by atoms with Crippen molar-refractivity contribution in [3.8, 4) is 0 Å². The van der Waals surface area contributed by atoms with Crippen LogP contribution in [0.25, 0.3) is 0 Å². The van der Waals surface area contributed by atoms with Crippen molar-refractivity contribution < 1.29 is 0 Å². The first-order chi connectivity index (χ1) is 8.86. The number of aromatic nitrogens is 2. The Morgan fingerprint density at radius 3 is 2.78 bits per heavy atom. The monoisotopic (exact) mass is 259 g/mol. The Hall–Kier alpha value is -1.61. The number of fused-ring (bicyclic) bond motifs is 1. The molecule has 92 valence electrons. The van der Waals surface area contributed by atoms with E-state index in [2.05, 4.69) is 39.1 Å². The van der Waals surface area contributed by atoms with Gasteiger partial charge in [-0.3, -0.25) is 0 Å². The van der Waals surface area contributed by atoms with E-state index in [4.69, 9.17) is 11.6 Å². The van der Waals surface area contributed by atoms with Gasteiger partial charge in [0.05, 0.1) is 0 Å². The fraction of sp³-hybridized carbons (Fsp3) is 0.286. The maximum Gasteiger partial charge on any atom is 0.172 e. The first kappa shape index (κ1) is 11.5. The predicted octanol–water partition coefficient (Wildman–Crippen LogP) is 3.60. The molecule has 2 aromatic rings. The van der Waals surface area contributed by atoms with Gasteiger partial charge in [-0.1, -0.05) is 29.8 Å². The fourth-order valence-electron chi connectivity index (χ4n) is 2.41. The van der Waals surface area contributed by atoms with Gasteiger partial charge in [0.1, 0.15) is 0 Å². The average Bonchev–Trinajstić information content (AvgIpc) is 2.62. The molecular formula is C14H14ClN3. The lowest BCUT2D eigenvalue weighted by atomic mass is 10.1. The molecule has 1 aromatic carbocycles. The van der Waals surface area contributed by atoms with Crippen LogP contribution in [0.3, 0.4) is 0 Å². The van der Waals surface area contributed by atoms with Gasteiger partial charge in [-0.2, -0.15) is 0 Å². The number of benzene rings is 1. The number of hydrogen-bond acceptors (Lipinski definition) is 3. The molecule has 0 bridgehead atoms. The minimum atomic E-state index is 0.467. The number of anilines is 2. The van der Waals surface area contributed by atoms with E-state index in [-0.39, 0.29) is 0 Å². The van der Waals surface area contributed by atoms with E-state index in [1.54, 1.807) is 12.4 Å². The SMILES string of the molecule is Clc1nccnc1N1CCCCc2ccccc21. The van der Waals surface area contributed by atoms with Gasteiger partial charge in [-0.15, -0.1) is 0 Å². The standard InChI is InChI=1S/C14H14ClN3/c15-13-14(17-9-8-16-13)18-10-4-3-6-11-5-1-2-7-12(11)18/h1-2,5,7-9H,3-4,6,10H2. The second-order valence-corrected chi connectivity index (χ2v) is 4.77. The van der Waals surface area contributed by atoms with Crippen LogP contribution in [0, 0.1) is 0 Å². The summed E-state index contributed by atoms with van der Waals surface area (Å²) in [6, 6.07) is 8.45. The van der Waals surface area contributed by atoms with Gasteiger partial charge in [0.15, 0.2) is 11.0 Å². The van der Waals surface area contributed by atoms with E-state index in [0.717, 1.165) is 25.2 Å². The van der Waals surface area contributed by atoms with Crippen molar-refractivity contribution in [2.24, 2.45) is 0 Å². The zero-order valence-electron chi connectivity index (χ0n) is 10.0. The summed E-state index contributed by atoms with van der Waals surface area (Å²) in [7, 11) is 0. The highest BCUT2D eigenvalue weighted by Gasteiger charge is 2.19. The summed E-state index contributed by atoms with van der Waals surface area (Å²) in [5, 5.41) is 0.467. The second-order valence-electron chi connectivity index (χ2n) is 4.41. The van der Waals surface area contributed by atoms with Crippen LogP contribution in [0.5, 0.6) is 0 Å². The molecular weight excluding hydrogens is 246 g/mol. The van der Waals surface area contributed by atoms with Gasteiger partial charge in [-0.05, 0) is 30.9 Å². The molecule has 0 atom stereocenters. The Morgan fingerprint density at radius 1 is 1.06 bits per heavy atom. The minimum Gasteiger partial charge on any atom is -0.324 e. The molecule has 0 amide bonds. The smallest absolute Gasteiger partial charge is 0.172 e. The molecule has 2 heterocycles. The van der Waals surface area contributed by atoms with Crippen molar-refractivity contribution in [2.45, 2.75) is 19.3 Å². The molecule has 0 unspecified atom stereocenters. The Morgan fingerprint density at radius 2 is 1.89 bits per heavy atom. The van der Waals surface area contributed by atoms with Crippen molar-refractivity contribution in [1.82, 2.24) is 9.97 Å². The molecule has 0 saturated heterocycles. The predicted molar refractivity (Wildman–Crippen MR) is 73.4 cm³/mol. The molecule has 0 spiro atoms. The molecule has 4 heteroatoms. The zero-order valence-corrected chi connectivity index (χ0v) is 10.8. The van der Waals surface area contributed by atoms with Crippen molar-refractivity contribution in [3.05, 3.63) is 47.4 Å². The number of hydrogen-bond donors (Lipinski definition) is 0. The van der Waals surface area contributed by atoms with E-state index < -0.39 is 0 Å². The number of halogens is 1. The summed E-state index contributed by atoms with van der Waals surface area (Å²) < 4.78 is 0. The van der Waals surface area contributed by atoms with Gasteiger partial charge in [0.2, 0.25) is 0 Å². The van der Waals surface area contributed by atoms with Crippen LogP contribution in [0.15, 0.2) is 36.7 Å². The van der Waals surface area contributed by atoms with Gasteiger partial charge in [0.25, 0.3) is 0 Å². The molecule has 1 aliphatic rings. The van der Waals surface area contributed by atoms with E-state index in [0.29, 0.717) is 5.15 Å². The Bertz CT molecular complexity index is 556. The summed E-state index contributed by atoms with van der Waals surface area (Å²) in [6.07, 6.45) is 6.77. The molecule has 0 fully saturated rings. The molecule has 0 radical (unpaired) electrons. The van der Waals surface area contributed by atoms with Crippen LogP contribution in [-0.2, 0) is 6.42 Å². The molecule has 1 aromatic heterocycles. The number of aryl methyl sites for hydroxylation is 1. The van der Waals surface area contributed by atoms with Crippen molar-refractivity contribution in [2.75, 3.05) is 11.4 Å². The third-order valence-corrected chi connectivity index (χ3v) is 3.52. The van der Waals surface area contributed by atoms with E-state index in [1.807, 2.05) is 0 Å². The van der Waals surface area contributed by atoms with E-state index in [9.17, 15) is 0 Å². The molecule has 3 rings (SSSR count). The van der Waals surface area contributed by atoms with Crippen LogP contribution >= 0.6 is 11.6 Å². The highest BCUT2D eigenvalue weighted by molar-refractivity contribution is 6.31. The molecule has 0 aliphatic carbocycles. The van der Waals surface area contributed by atoms with Crippen molar-refractivity contribution in [1.29, 1.82) is 0 Å². The molecule has 0 N–H and O–H groups in total.